The second-order valence-corrected chi connectivity index (χ2v) is 10.3. The highest BCUT2D eigenvalue weighted by Crippen LogP contribution is 2.17. The van der Waals surface area contributed by atoms with Crippen molar-refractivity contribution in [3.63, 3.8) is 0 Å². The predicted octanol–water partition coefficient (Wildman–Crippen LogP) is 7.28. The number of hydrogen-bond acceptors (Lipinski definition) is 4. The van der Waals surface area contributed by atoms with Crippen LogP contribution in [0.5, 0.6) is 0 Å². The van der Waals surface area contributed by atoms with Crippen molar-refractivity contribution in [2.45, 2.75) is 13.8 Å². The molecule has 10 nitrogen and oxygen atoms in total. The van der Waals surface area contributed by atoms with Crippen LogP contribution < -0.4 is 11.4 Å². The molecule has 4 heterocycles. The Kier molecular flexibility index (Phi) is 13.2. The van der Waals surface area contributed by atoms with E-state index >= 15 is 0 Å². The number of aromatic nitrogens is 8. The van der Waals surface area contributed by atoms with Gasteiger partial charge in [0.2, 0.25) is 0 Å². The number of benzene rings is 4. The van der Waals surface area contributed by atoms with Crippen molar-refractivity contribution >= 4 is 62.9 Å². The highest BCUT2D eigenvalue weighted by atomic mass is 31.0. The van der Waals surface area contributed by atoms with Crippen LogP contribution in [-0.2, 0) is 0 Å². The lowest BCUT2D eigenvalue weighted by atomic mass is 10.3. The van der Waals surface area contributed by atoms with Crippen LogP contribution >= 0.6 is 18.8 Å². The lowest BCUT2D eigenvalue weighted by Crippen LogP contribution is -2.06. The van der Waals surface area contributed by atoms with E-state index in [9.17, 15) is 9.59 Å². The molecule has 2 atom stereocenters. The second kappa shape index (κ2) is 17.3. The van der Waals surface area contributed by atoms with Gasteiger partial charge in [0.15, 0.2) is 0 Å². The van der Waals surface area contributed by atoms with Gasteiger partial charge in [-0.05, 0) is 81.2 Å². The molecule has 236 valence electrons. The van der Waals surface area contributed by atoms with Crippen molar-refractivity contribution in [3.8, 4) is 0 Å². The molecule has 0 amide bonds. The number of nitrogens with zero attached hydrogens (tertiary/aromatic N) is 4. The molecule has 0 spiro atoms. The SMILES string of the molecule is C=C.C=C.Cc1nc2ccccc2[nH]1.Cc1nc2ccccc2n1P.O=c1[nH]c2ccccc2[nH]1.O=c1[nH]c2ccccc2n1P. The number of nitrogens with one attached hydrogen (secondary N) is 4. The van der Waals surface area contributed by atoms with Crippen LogP contribution in [0.15, 0.2) is 133 Å². The Bertz CT molecular complexity index is 2180. The first-order chi connectivity index (χ1) is 22.3. The van der Waals surface area contributed by atoms with E-state index in [2.05, 4.69) is 81.1 Å². The Morgan fingerprint density at radius 3 is 1.57 bits per heavy atom. The maximum Gasteiger partial charge on any atom is 0.329 e. The quantitative estimate of drug-likeness (QED) is 0.101. The van der Waals surface area contributed by atoms with Gasteiger partial charge in [-0.3, -0.25) is 4.34 Å². The molecule has 0 bridgehead atoms. The van der Waals surface area contributed by atoms with E-state index in [1.807, 2.05) is 109 Å². The molecule has 0 saturated heterocycles. The van der Waals surface area contributed by atoms with Gasteiger partial charge in [-0.25, -0.2) is 19.6 Å². The third kappa shape index (κ3) is 8.88. The minimum absolute atomic E-state index is 0.101. The summed E-state index contributed by atoms with van der Waals surface area (Å²) in [5.74, 6) is 2.00. The van der Waals surface area contributed by atoms with Crippen LogP contribution in [0.4, 0.5) is 0 Å². The van der Waals surface area contributed by atoms with Crippen molar-refractivity contribution < 1.29 is 0 Å². The third-order valence-electron chi connectivity index (χ3n) is 6.33. The summed E-state index contributed by atoms with van der Waals surface area (Å²) in [6.45, 7) is 16.0. The van der Waals surface area contributed by atoms with E-state index in [-0.39, 0.29) is 11.4 Å². The molecule has 0 fully saturated rings. The van der Waals surface area contributed by atoms with E-state index in [1.165, 1.54) is 4.34 Å². The summed E-state index contributed by atoms with van der Waals surface area (Å²) in [4.78, 5) is 41.5. The molecule has 8 rings (SSSR count). The van der Waals surface area contributed by atoms with Gasteiger partial charge in [-0.2, -0.15) is 0 Å². The van der Waals surface area contributed by atoms with Crippen LogP contribution in [0, 0.1) is 13.8 Å². The number of rotatable bonds is 0. The molecule has 4 N–H and O–H groups in total. The second-order valence-electron chi connectivity index (χ2n) is 9.30. The van der Waals surface area contributed by atoms with E-state index in [0.717, 1.165) is 55.8 Å². The van der Waals surface area contributed by atoms with Crippen molar-refractivity contribution in [2.75, 3.05) is 0 Å². The third-order valence-corrected chi connectivity index (χ3v) is 7.49. The molecular weight excluding hydrogens is 614 g/mol. The van der Waals surface area contributed by atoms with Gasteiger partial charge >= 0.3 is 11.4 Å². The van der Waals surface area contributed by atoms with E-state index in [4.69, 9.17) is 0 Å². The zero-order valence-electron chi connectivity index (χ0n) is 25.8. The van der Waals surface area contributed by atoms with Crippen LogP contribution in [0.3, 0.4) is 0 Å². The Labute approximate surface area is 270 Å². The summed E-state index contributed by atoms with van der Waals surface area (Å²) < 4.78 is 3.52. The fourth-order valence-corrected chi connectivity index (χ4v) is 4.86. The first-order valence-corrected chi connectivity index (χ1v) is 15.1. The minimum Gasteiger partial charge on any atom is -0.342 e. The van der Waals surface area contributed by atoms with Crippen LogP contribution in [0.2, 0.25) is 0 Å². The van der Waals surface area contributed by atoms with E-state index in [1.54, 1.807) is 0 Å². The van der Waals surface area contributed by atoms with Crippen LogP contribution in [-0.4, -0.2) is 38.6 Å². The molecular formula is C34H38N8O2P2. The zero-order chi connectivity index (χ0) is 33.6. The first-order valence-electron chi connectivity index (χ1n) is 14.0. The van der Waals surface area contributed by atoms with Gasteiger partial charge in [0.25, 0.3) is 0 Å². The summed E-state index contributed by atoms with van der Waals surface area (Å²) in [7, 11) is 5.00. The molecule has 0 radical (unpaired) electrons. The minimum atomic E-state index is -0.152. The molecule has 8 aromatic rings. The van der Waals surface area contributed by atoms with Crippen molar-refractivity contribution in [2.24, 2.45) is 0 Å². The monoisotopic (exact) mass is 652 g/mol. The smallest absolute Gasteiger partial charge is 0.329 e. The summed E-state index contributed by atoms with van der Waals surface area (Å²) in [6.07, 6.45) is 0. The molecule has 2 unspecified atom stereocenters. The molecule has 4 aromatic carbocycles. The molecule has 0 saturated carbocycles. The maximum atomic E-state index is 11.0. The van der Waals surface area contributed by atoms with E-state index < -0.39 is 0 Å². The highest BCUT2D eigenvalue weighted by molar-refractivity contribution is 7.15. The summed E-state index contributed by atoms with van der Waals surface area (Å²) >= 11 is 0. The molecule has 0 aliphatic rings. The highest BCUT2D eigenvalue weighted by Gasteiger charge is 2.01. The standard InChI is InChI=1S/C8H9N2P.C8H8N2.C7H7N2OP.C7H6N2O.2C2H4/c1-6-9-7-4-2-3-5-8(7)10(6)11;1-6-9-7-4-2-3-5-8(7)10-6;10-7-8-5-3-1-2-4-6(5)9(7)11;10-7-8-5-3-1-2-4-6(5)9-7;2*1-2/h2-5H,11H2,1H3;2-5H,1H3,(H,9,10);1-4H,11H2,(H,8,10);1-4H,(H2,8,9,10);2*1-2H2. The average molecular weight is 653 g/mol. The summed E-state index contributed by atoms with van der Waals surface area (Å²) in [6, 6.07) is 31.1. The van der Waals surface area contributed by atoms with Crippen LogP contribution in [0.25, 0.3) is 44.1 Å². The number of fused-ring (bicyclic) bond motifs is 4. The van der Waals surface area contributed by atoms with Gasteiger partial charge in [0.05, 0.1) is 44.1 Å². The van der Waals surface area contributed by atoms with Crippen molar-refractivity contribution in [1.29, 1.82) is 0 Å². The molecule has 0 aliphatic heterocycles. The van der Waals surface area contributed by atoms with Gasteiger partial charge in [-0.1, -0.05) is 48.5 Å². The Balaban J connectivity index is 0.000000161. The Morgan fingerprint density at radius 2 is 1.02 bits per heavy atom. The number of aryl methyl sites for hydroxylation is 2. The fourth-order valence-electron chi connectivity index (χ4n) is 4.30. The first kappa shape index (κ1) is 35.2. The van der Waals surface area contributed by atoms with Crippen LogP contribution in [0.1, 0.15) is 11.6 Å². The lowest BCUT2D eigenvalue weighted by molar-refractivity contribution is 1.12. The number of H-pyrrole nitrogens is 4. The van der Waals surface area contributed by atoms with Gasteiger partial charge in [0.1, 0.15) is 11.6 Å². The van der Waals surface area contributed by atoms with E-state index in [0.29, 0.717) is 0 Å². The average Bonchev–Trinajstić information content (AvgIpc) is 3.82. The fraction of sp³-hybridized carbons (Fsp3) is 0.0588. The number of aromatic amines is 4. The Morgan fingerprint density at radius 1 is 0.543 bits per heavy atom. The summed E-state index contributed by atoms with van der Waals surface area (Å²) in [5.41, 5.74) is 7.60. The topological polar surface area (TPSA) is 133 Å². The number of hydrogen-bond donors (Lipinski definition) is 4. The molecule has 12 heteroatoms. The maximum absolute atomic E-state index is 11.0. The van der Waals surface area contributed by atoms with Gasteiger partial charge < -0.3 is 24.3 Å². The number of imidazole rings is 4. The van der Waals surface area contributed by atoms with Crippen molar-refractivity contribution in [1.82, 2.24) is 38.6 Å². The van der Waals surface area contributed by atoms with Crippen molar-refractivity contribution in [3.05, 3.63) is 156 Å². The normalized spacial score (nSPS) is 9.83. The molecule has 0 aliphatic carbocycles. The zero-order valence-corrected chi connectivity index (χ0v) is 28.1. The largest absolute Gasteiger partial charge is 0.342 e. The summed E-state index contributed by atoms with van der Waals surface area (Å²) in [5, 5.41) is 0. The molecule has 46 heavy (non-hydrogen) atoms. The number of para-hydroxylation sites is 8. The van der Waals surface area contributed by atoms with Gasteiger partial charge in [0, 0.05) is 0 Å². The predicted molar refractivity (Wildman–Crippen MR) is 200 cm³/mol. The lowest BCUT2D eigenvalue weighted by Gasteiger charge is -1.93. The Hall–Kier alpha value is -5.30. The molecule has 4 aromatic heterocycles. The van der Waals surface area contributed by atoms with Gasteiger partial charge in [-0.15, -0.1) is 26.3 Å².